The van der Waals surface area contributed by atoms with Crippen LogP contribution in [0.2, 0.25) is 0 Å². The quantitative estimate of drug-likeness (QED) is 0.311. The lowest BCUT2D eigenvalue weighted by Crippen LogP contribution is -2.10. The number of nitrogens with one attached hydrogen (secondary N) is 1. The van der Waals surface area contributed by atoms with Crippen LogP contribution in [0.3, 0.4) is 0 Å². The number of hydrogen-bond acceptors (Lipinski definition) is 6. The molecule has 8 heteroatoms. The second-order valence-electron chi connectivity index (χ2n) is 8.28. The van der Waals surface area contributed by atoms with Crippen LogP contribution in [0.4, 0.5) is 5.69 Å². The molecule has 0 aliphatic rings. The molecule has 172 valence electrons. The molecule has 0 amide bonds. The second kappa shape index (κ2) is 9.91. The van der Waals surface area contributed by atoms with Crippen LogP contribution in [-0.2, 0) is 17.8 Å². The predicted octanol–water partition coefficient (Wildman–Crippen LogP) is 5.05. The van der Waals surface area contributed by atoms with Crippen LogP contribution in [0.5, 0.6) is 5.88 Å². The fourth-order valence-corrected chi connectivity index (χ4v) is 4.67. The van der Waals surface area contributed by atoms with E-state index in [1.54, 1.807) is 18.2 Å². The Morgan fingerprint density at radius 1 is 1.18 bits per heavy atom. The lowest BCUT2D eigenvalue weighted by molar-refractivity contribution is -0.136. The SMILES string of the molecule is CN(C)Cc1ccc(N=C(c2csc(CCC(=O)O)c2)c2c(O)[nH]c3cc(C#N)ccc23)cc1. The molecule has 2 aromatic carbocycles. The number of carbonyl (C=O) groups is 1. The molecule has 2 heterocycles. The highest BCUT2D eigenvalue weighted by molar-refractivity contribution is 7.10. The Morgan fingerprint density at radius 3 is 2.62 bits per heavy atom. The minimum absolute atomic E-state index is 0.0358. The van der Waals surface area contributed by atoms with Gasteiger partial charge < -0.3 is 20.1 Å². The molecular formula is C26H24N4O3S. The number of fused-ring (bicyclic) bond motifs is 1. The van der Waals surface area contributed by atoms with Gasteiger partial charge in [0.05, 0.1) is 40.5 Å². The zero-order valence-electron chi connectivity index (χ0n) is 18.9. The average Bonchev–Trinajstić information content (AvgIpc) is 3.40. The highest BCUT2D eigenvalue weighted by Crippen LogP contribution is 2.33. The molecule has 0 saturated carbocycles. The van der Waals surface area contributed by atoms with Crippen LogP contribution in [0.15, 0.2) is 58.9 Å². The molecule has 4 aromatic rings. The molecule has 0 saturated heterocycles. The summed E-state index contributed by atoms with van der Waals surface area (Å²) in [5, 5.41) is 31.8. The predicted molar refractivity (Wildman–Crippen MR) is 134 cm³/mol. The average molecular weight is 473 g/mol. The summed E-state index contributed by atoms with van der Waals surface area (Å²) < 4.78 is 0. The Balaban J connectivity index is 1.82. The second-order valence-corrected chi connectivity index (χ2v) is 9.28. The number of aromatic nitrogens is 1. The summed E-state index contributed by atoms with van der Waals surface area (Å²) in [6, 6.07) is 17.2. The fourth-order valence-electron chi connectivity index (χ4n) is 3.79. The van der Waals surface area contributed by atoms with Crippen molar-refractivity contribution in [1.82, 2.24) is 9.88 Å². The van der Waals surface area contributed by atoms with Gasteiger partial charge in [0.2, 0.25) is 0 Å². The third kappa shape index (κ3) is 5.17. The van der Waals surface area contributed by atoms with Crippen LogP contribution >= 0.6 is 11.3 Å². The van der Waals surface area contributed by atoms with E-state index in [0.717, 1.165) is 33.6 Å². The summed E-state index contributed by atoms with van der Waals surface area (Å²) in [5.74, 6) is -0.879. The number of nitrogens with zero attached hydrogens (tertiary/aromatic N) is 3. The van der Waals surface area contributed by atoms with E-state index < -0.39 is 5.97 Å². The normalized spacial score (nSPS) is 11.8. The Labute approximate surface area is 201 Å². The number of rotatable bonds is 8. The number of carboxylic acid groups (broad SMARTS) is 1. The van der Waals surface area contributed by atoms with Gasteiger partial charge >= 0.3 is 5.97 Å². The van der Waals surface area contributed by atoms with Crippen molar-refractivity contribution < 1.29 is 15.0 Å². The number of H-pyrrole nitrogens is 1. The molecule has 0 aliphatic carbocycles. The smallest absolute Gasteiger partial charge is 0.303 e. The largest absolute Gasteiger partial charge is 0.494 e. The number of aryl methyl sites for hydroxylation is 1. The molecule has 4 rings (SSSR count). The van der Waals surface area contributed by atoms with Gasteiger partial charge in [-0.1, -0.05) is 18.2 Å². The van der Waals surface area contributed by atoms with E-state index in [4.69, 9.17) is 10.1 Å². The number of carboxylic acids is 1. The topological polar surface area (TPSA) is 113 Å². The van der Waals surface area contributed by atoms with Crippen molar-refractivity contribution >= 4 is 39.6 Å². The standard InChI is InChI=1S/C26H24N4O3S/c1-30(2)14-16-3-6-19(7-4-16)28-25(18-12-20(34-15-18)8-10-23(31)32)24-21-9-5-17(13-27)11-22(21)29-26(24)33/h3-7,9,11-12,15,29,33H,8,10,14H2,1-2H3,(H,31,32). The molecule has 34 heavy (non-hydrogen) atoms. The first-order chi connectivity index (χ1) is 16.3. The van der Waals surface area contributed by atoms with Crippen molar-refractivity contribution in [2.24, 2.45) is 4.99 Å². The van der Waals surface area contributed by atoms with Crippen molar-refractivity contribution in [3.63, 3.8) is 0 Å². The van der Waals surface area contributed by atoms with E-state index in [0.29, 0.717) is 28.8 Å². The first kappa shape index (κ1) is 23.2. The Morgan fingerprint density at radius 2 is 1.94 bits per heavy atom. The van der Waals surface area contributed by atoms with E-state index >= 15 is 0 Å². The molecule has 7 nitrogen and oxygen atoms in total. The lowest BCUT2D eigenvalue weighted by Gasteiger charge is -2.10. The number of hydrogen-bond donors (Lipinski definition) is 3. The molecule has 0 fully saturated rings. The zero-order valence-corrected chi connectivity index (χ0v) is 19.7. The Hall–Kier alpha value is -3.93. The van der Waals surface area contributed by atoms with Crippen LogP contribution in [0, 0.1) is 11.3 Å². The highest BCUT2D eigenvalue weighted by Gasteiger charge is 2.20. The summed E-state index contributed by atoms with van der Waals surface area (Å²) >= 11 is 1.47. The van der Waals surface area contributed by atoms with Gasteiger partial charge in [-0.15, -0.1) is 11.3 Å². The first-order valence-electron chi connectivity index (χ1n) is 10.7. The molecule has 0 aliphatic heterocycles. The van der Waals surface area contributed by atoms with Crippen LogP contribution in [0.25, 0.3) is 10.9 Å². The molecule has 0 atom stereocenters. The highest BCUT2D eigenvalue weighted by atomic mass is 32.1. The monoisotopic (exact) mass is 472 g/mol. The maximum Gasteiger partial charge on any atom is 0.303 e. The van der Waals surface area contributed by atoms with Gasteiger partial charge in [0.1, 0.15) is 0 Å². The molecule has 0 bridgehead atoms. The molecule has 0 unspecified atom stereocenters. The molecule has 3 N–H and O–H groups in total. The van der Waals surface area contributed by atoms with E-state index in [2.05, 4.69) is 16.0 Å². The Bertz CT molecular complexity index is 1410. The third-order valence-electron chi connectivity index (χ3n) is 5.33. The van der Waals surface area contributed by atoms with Crippen LogP contribution < -0.4 is 0 Å². The molecule has 0 spiro atoms. The number of aliphatic imine (C=N–C) groups is 1. The van der Waals surface area contributed by atoms with Gasteiger partial charge in [-0.25, -0.2) is 4.99 Å². The van der Waals surface area contributed by atoms with Crippen molar-refractivity contribution in [1.29, 1.82) is 5.26 Å². The maximum atomic E-state index is 11.0. The van der Waals surface area contributed by atoms with Gasteiger partial charge in [0.25, 0.3) is 0 Å². The van der Waals surface area contributed by atoms with Gasteiger partial charge in [-0.05, 0) is 56.4 Å². The van der Waals surface area contributed by atoms with Crippen molar-refractivity contribution in [3.8, 4) is 11.9 Å². The first-order valence-corrected chi connectivity index (χ1v) is 11.6. The van der Waals surface area contributed by atoms with Crippen molar-refractivity contribution in [3.05, 3.63) is 81.0 Å². The lowest BCUT2D eigenvalue weighted by atomic mass is 10.0. The van der Waals surface area contributed by atoms with Gasteiger partial charge in [0, 0.05) is 27.8 Å². The number of aromatic hydroxyl groups is 1. The van der Waals surface area contributed by atoms with E-state index in [9.17, 15) is 15.2 Å². The Kier molecular flexibility index (Phi) is 6.77. The summed E-state index contributed by atoms with van der Waals surface area (Å²) in [6.07, 6.45) is 0.479. The van der Waals surface area contributed by atoms with Gasteiger partial charge in [-0.2, -0.15) is 5.26 Å². The van der Waals surface area contributed by atoms with Crippen molar-refractivity contribution in [2.45, 2.75) is 19.4 Å². The zero-order chi connectivity index (χ0) is 24.2. The molecule has 0 radical (unpaired) electrons. The van der Waals surface area contributed by atoms with Crippen LogP contribution in [-0.4, -0.2) is 45.9 Å². The van der Waals surface area contributed by atoms with Gasteiger partial charge in [-0.3, -0.25) is 4.79 Å². The minimum Gasteiger partial charge on any atom is -0.494 e. The fraction of sp³-hybridized carbons (Fsp3) is 0.192. The summed E-state index contributed by atoms with van der Waals surface area (Å²) in [5.41, 5.74) is 4.94. The maximum absolute atomic E-state index is 11.0. The summed E-state index contributed by atoms with van der Waals surface area (Å²) in [4.78, 5) is 21.9. The van der Waals surface area contributed by atoms with E-state index in [-0.39, 0.29) is 12.3 Å². The van der Waals surface area contributed by atoms with Crippen LogP contribution in [0.1, 0.15) is 33.6 Å². The van der Waals surface area contributed by atoms with Gasteiger partial charge in [0.15, 0.2) is 5.88 Å². The number of nitriles is 1. The molecular weight excluding hydrogens is 448 g/mol. The number of thiophene rings is 1. The number of aliphatic carboxylic acids is 1. The van der Waals surface area contributed by atoms with E-state index in [1.165, 1.54) is 11.3 Å². The third-order valence-corrected chi connectivity index (χ3v) is 6.33. The molecule has 2 aromatic heterocycles. The minimum atomic E-state index is -0.843. The summed E-state index contributed by atoms with van der Waals surface area (Å²) in [6.45, 7) is 0.818. The number of benzene rings is 2. The number of aromatic amines is 1. The van der Waals surface area contributed by atoms with Crippen molar-refractivity contribution in [2.75, 3.05) is 14.1 Å². The van der Waals surface area contributed by atoms with E-state index in [1.807, 2.05) is 49.8 Å². The summed E-state index contributed by atoms with van der Waals surface area (Å²) in [7, 11) is 4.03.